The van der Waals surface area contributed by atoms with Crippen LogP contribution in [0.1, 0.15) is 19.8 Å². The summed E-state index contributed by atoms with van der Waals surface area (Å²) in [6.07, 6.45) is 2.18. The summed E-state index contributed by atoms with van der Waals surface area (Å²) in [7, 11) is 1.73. The Balaban J connectivity index is 2.27. The second kappa shape index (κ2) is 7.93. The average Bonchev–Trinajstić information content (AvgIpc) is 2.30. The minimum Gasteiger partial charge on any atom is -0.385 e. The quantitative estimate of drug-likeness (QED) is 0.664. The van der Waals surface area contributed by atoms with Crippen LogP contribution in [0.15, 0.2) is 18.2 Å². The van der Waals surface area contributed by atoms with Crippen molar-refractivity contribution in [2.75, 3.05) is 37.4 Å². The Morgan fingerprint density at radius 2 is 1.94 bits per heavy atom. The minimum atomic E-state index is 0.826. The van der Waals surface area contributed by atoms with Crippen molar-refractivity contribution in [1.29, 1.82) is 0 Å². The first-order valence-electron chi connectivity index (χ1n) is 5.80. The van der Waals surface area contributed by atoms with Crippen molar-refractivity contribution in [3.05, 3.63) is 18.2 Å². The molecule has 4 heteroatoms. The molecule has 0 aliphatic heterocycles. The number of aromatic nitrogens is 1. The van der Waals surface area contributed by atoms with Crippen molar-refractivity contribution in [2.45, 2.75) is 19.8 Å². The van der Waals surface area contributed by atoms with Crippen LogP contribution < -0.4 is 10.6 Å². The van der Waals surface area contributed by atoms with Gasteiger partial charge in [-0.15, -0.1) is 0 Å². The predicted molar refractivity (Wildman–Crippen MR) is 68.0 cm³/mol. The number of ether oxygens (including phenoxy) is 1. The number of methoxy groups -OCH3 is 1. The minimum absolute atomic E-state index is 0.826. The SMILES string of the molecule is CCNc1cccc(NCCCCOC)n1. The van der Waals surface area contributed by atoms with Crippen LogP contribution in [0.5, 0.6) is 0 Å². The summed E-state index contributed by atoms with van der Waals surface area (Å²) in [4.78, 5) is 4.43. The number of rotatable bonds is 8. The van der Waals surface area contributed by atoms with Crippen LogP contribution in [-0.2, 0) is 4.74 Å². The fourth-order valence-corrected chi connectivity index (χ4v) is 1.40. The molecule has 1 aromatic rings. The molecule has 1 rings (SSSR count). The van der Waals surface area contributed by atoms with Crippen LogP contribution >= 0.6 is 0 Å². The van der Waals surface area contributed by atoms with Gasteiger partial charge in [-0.05, 0) is 31.9 Å². The highest BCUT2D eigenvalue weighted by atomic mass is 16.5. The van der Waals surface area contributed by atoms with Crippen LogP contribution in [0.2, 0.25) is 0 Å². The smallest absolute Gasteiger partial charge is 0.128 e. The number of hydrogen-bond donors (Lipinski definition) is 2. The zero-order valence-corrected chi connectivity index (χ0v) is 10.1. The Labute approximate surface area is 97.4 Å². The van der Waals surface area contributed by atoms with Gasteiger partial charge in [0.05, 0.1) is 0 Å². The lowest BCUT2D eigenvalue weighted by atomic mass is 10.3. The lowest BCUT2D eigenvalue weighted by Crippen LogP contribution is -2.06. The predicted octanol–water partition coefficient (Wildman–Crippen LogP) is 2.35. The maximum atomic E-state index is 4.99. The molecule has 0 spiro atoms. The number of hydrogen-bond acceptors (Lipinski definition) is 4. The van der Waals surface area contributed by atoms with Gasteiger partial charge >= 0.3 is 0 Å². The molecule has 4 nitrogen and oxygen atoms in total. The second-order valence-corrected chi connectivity index (χ2v) is 3.57. The van der Waals surface area contributed by atoms with E-state index in [1.165, 1.54) is 0 Å². The summed E-state index contributed by atoms with van der Waals surface area (Å²) in [6, 6.07) is 5.96. The normalized spacial score (nSPS) is 10.1. The molecule has 0 atom stereocenters. The fourth-order valence-electron chi connectivity index (χ4n) is 1.40. The number of anilines is 2. The fraction of sp³-hybridized carbons (Fsp3) is 0.583. The van der Waals surface area contributed by atoms with Crippen molar-refractivity contribution in [3.8, 4) is 0 Å². The van der Waals surface area contributed by atoms with Gasteiger partial charge in [-0.1, -0.05) is 6.07 Å². The average molecular weight is 223 g/mol. The van der Waals surface area contributed by atoms with Gasteiger partial charge in [0.2, 0.25) is 0 Å². The molecule has 0 aliphatic carbocycles. The molecule has 0 saturated heterocycles. The number of unbranched alkanes of at least 4 members (excludes halogenated alkanes) is 1. The number of nitrogens with one attached hydrogen (secondary N) is 2. The number of pyridine rings is 1. The van der Waals surface area contributed by atoms with Crippen molar-refractivity contribution in [2.24, 2.45) is 0 Å². The van der Waals surface area contributed by atoms with Crippen molar-refractivity contribution in [3.63, 3.8) is 0 Å². The molecular weight excluding hydrogens is 202 g/mol. The molecule has 0 bridgehead atoms. The molecule has 0 saturated carbocycles. The summed E-state index contributed by atoms with van der Waals surface area (Å²) in [5.41, 5.74) is 0. The zero-order chi connectivity index (χ0) is 11.6. The molecule has 1 heterocycles. The van der Waals surface area contributed by atoms with Gasteiger partial charge in [-0.25, -0.2) is 4.98 Å². The van der Waals surface area contributed by atoms with Crippen molar-refractivity contribution < 1.29 is 4.74 Å². The van der Waals surface area contributed by atoms with Crippen LogP contribution in [0.3, 0.4) is 0 Å². The van der Waals surface area contributed by atoms with Crippen molar-refractivity contribution in [1.82, 2.24) is 4.98 Å². The van der Waals surface area contributed by atoms with E-state index in [1.807, 2.05) is 18.2 Å². The topological polar surface area (TPSA) is 46.2 Å². The van der Waals surface area contributed by atoms with Crippen LogP contribution in [-0.4, -0.2) is 31.8 Å². The van der Waals surface area contributed by atoms with Gasteiger partial charge in [0, 0.05) is 26.8 Å². The van der Waals surface area contributed by atoms with Gasteiger partial charge in [0.1, 0.15) is 11.6 Å². The molecule has 0 amide bonds. The highest BCUT2D eigenvalue weighted by Gasteiger charge is 1.95. The maximum Gasteiger partial charge on any atom is 0.128 e. The third-order valence-electron chi connectivity index (χ3n) is 2.19. The van der Waals surface area contributed by atoms with E-state index in [0.717, 1.165) is 44.2 Å². The van der Waals surface area contributed by atoms with E-state index >= 15 is 0 Å². The van der Waals surface area contributed by atoms with E-state index in [4.69, 9.17) is 4.74 Å². The van der Waals surface area contributed by atoms with E-state index < -0.39 is 0 Å². The van der Waals surface area contributed by atoms with Gasteiger partial charge in [0.15, 0.2) is 0 Å². The standard InChI is InChI=1S/C12H21N3O/c1-3-13-11-7-6-8-12(15-11)14-9-4-5-10-16-2/h6-8H,3-5,9-10H2,1-2H3,(H2,13,14,15). The molecule has 0 aromatic carbocycles. The molecule has 0 fully saturated rings. The molecule has 2 N–H and O–H groups in total. The van der Waals surface area contributed by atoms with E-state index in [-0.39, 0.29) is 0 Å². The second-order valence-electron chi connectivity index (χ2n) is 3.57. The zero-order valence-electron chi connectivity index (χ0n) is 10.1. The molecule has 0 aliphatic rings. The monoisotopic (exact) mass is 223 g/mol. The first-order chi connectivity index (χ1) is 7.86. The first kappa shape index (κ1) is 12.8. The summed E-state index contributed by atoms with van der Waals surface area (Å²) < 4.78 is 4.99. The van der Waals surface area contributed by atoms with Gasteiger partial charge in [-0.3, -0.25) is 0 Å². The third-order valence-corrected chi connectivity index (χ3v) is 2.19. The molecule has 0 radical (unpaired) electrons. The van der Waals surface area contributed by atoms with Crippen LogP contribution in [0.4, 0.5) is 11.6 Å². The molecular formula is C12H21N3O. The summed E-state index contributed by atoms with van der Waals surface area (Å²) in [6.45, 7) is 4.72. The van der Waals surface area contributed by atoms with Crippen LogP contribution in [0.25, 0.3) is 0 Å². The Bertz CT molecular complexity index is 291. The van der Waals surface area contributed by atoms with E-state index in [0.29, 0.717) is 0 Å². The van der Waals surface area contributed by atoms with E-state index in [1.54, 1.807) is 7.11 Å². The molecule has 1 aromatic heterocycles. The van der Waals surface area contributed by atoms with E-state index in [9.17, 15) is 0 Å². The Morgan fingerprint density at radius 1 is 1.19 bits per heavy atom. The highest BCUT2D eigenvalue weighted by Crippen LogP contribution is 2.08. The lowest BCUT2D eigenvalue weighted by molar-refractivity contribution is 0.194. The Morgan fingerprint density at radius 3 is 2.62 bits per heavy atom. The summed E-state index contributed by atoms with van der Waals surface area (Å²) in [5, 5.41) is 6.48. The summed E-state index contributed by atoms with van der Waals surface area (Å²) in [5.74, 6) is 1.85. The summed E-state index contributed by atoms with van der Waals surface area (Å²) >= 11 is 0. The Hall–Kier alpha value is -1.29. The van der Waals surface area contributed by atoms with Gasteiger partial charge in [0.25, 0.3) is 0 Å². The van der Waals surface area contributed by atoms with Gasteiger partial charge < -0.3 is 15.4 Å². The number of nitrogens with zero attached hydrogens (tertiary/aromatic N) is 1. The maximum absolute atomic E-state index is 4.99. The van der Waals surface area contributed by atoms with E-state index in [2.05, 4.69) is 22.5 Å². The van der Waals surface area contributed by atoms with Crippen LogP contribution in [0, 0.1) is 0 Å². The molecule has 16 heavy (non-hydrogen) atoms. The highest BCUT2D eigenvalue weighted by molar-refractivity contribution is 5.44. The Kier molecular flexibility index (Phi) is 6.33. The first-order valence-corrected chi connectivity index (χ1v) is 5.80. The molecule has 0 unspecified atom stereocenters. The largest absolute Gasteiger partial charge is 0.385 e. The lowest BCUT2D eigenvalue weighted by Gasteiger charge is -2.07. The third kappa shape index (κ3) is 4.98. The van der Waals surface area contributed by atoms with Crippen molar-refractivity contribution >= 4 is 11.6 Å². The molecule has 90 valence electrons. The van der Waals surface area contributed by atoms with Gasteiger partial charge in [-0.2, -0.15) is 0 Å².